The molecule has 5 rings (SSSR count). The van der Waals surface area contributed by atoms with E-state index in [-0.39, 0.29) is 0 Å². The van der Waals surface area contributed by atoms with Gasteiger partial charge >= 0.3 is 0 Å². The van der Waals surface area contributed by atoms with Gasteiger partial charge in [-0.05, 0) is 53.9 Å². The van der Waals surface area contributed by atoms with Gasteiger partial charge in [0.25, 0.3) is 0 Å². The van der Waals surface area contributed by atoms with E-state index >= 15 is 0 Å². The largest absolute Gasteiger partial charge is 0.455 e. The van der Waals surface area contributed by atoms with Crippen LogP contribution in [0.3, 0.4) is 0 Å². The van der Waals surface area contributed by atoms with E-state index in [1.165, 1.54) is 11.1 Å². The topological polar surface area (TPSA) is 26.0 Å². The number of furan rings is 1. The minimum atomic E-state index is 0.894. The van der Waals surface area contributed by atoms with Crippen molar-refractivity contribution in [2.45, 2.75) is 6.92 Å². The Hall–Kier alpha value is -3.39. The van der Waals surface area contributed by atoms with Crippen LogP contribution < -0.4 is 0 Å². The van der Waals surface area contributed by atoms with Crippen LogP contribution in [0.4, 0.5) is 0 Å². The maximum absolute atomic E-state index is 6.30. The van der Waals surface area contributed by atoms with Gasteiger partial charge < -0.3 is 4.42 Å². The van der Waals surface area contributed by atoms with Crippen molar-refractivity contribution >= 4 is 21.9 Å². The summed E-state index contributed by atoms with van der Waals surface area (Å²) in [4.78, 5) is 4.54. The first kappa shape index (κ1) is 14.9. The molecule has 2 aromatic heterocycles. The van der Waals surface area contributed by atoms with Crippen LogP contribution in [0.15, 0.2) is 89.5 Å². The molecule has 0 saturated heterocycles. The van der Waals surface area contributed by atoms with E-state index in [0.29, 0.717) is 0 Å². The van der Waals surface area contributed by atoms with E-state index in [4.69, 9.17) is 4.42 Å². The van der Waals surface area contributed by atoms with Crippen molar-refractivity contribution in [3.8, 4) is 22.4 Å². The van der Waals surface area contributed by atoms with Crippen LogP contribution >= 0.6 is 0 Å². The Morgan fingerprint density at radius 2 is 1.62 bits per heavy atom. The van der Waals surface area contributed by atoms with Crippen LogP contribution in [0, 0.1) is 6.92 Å². The zero-order valence-corrected chi connectivity index (χ0v) is 14.4. The molecule has 0 aliphatic carbocycles. The third-order valence-corrected chi connectivity index (χ3v) is 4.80. The van der Waals surface area contributed by atoms with Gasteiger partial charge in [0.15, 0.2) is 0 Å². The second-order valence-corrected chi connectivity index (χ2v) is 6.58. The van der Waals surface area contributed by atoms with Gasteiger partial charge in [0.05, 0.1) is 5.69 Å². The standard InChI is InChI=1S/C24H17NO/c1-16-12-13-25-22(14-16)21-9-5-8-20-19-11-10-18(15-23(19)26-24(20)21)17-6-3-2-4-7-17/h2-15H,1H3. The van der Waals surface area contributed by atoms with E-state index in [9.17, 15) is 0 Å². The summed E-state index contributed by atoms with van der Waals surface area (Å²) in [5.41, 5.74) is 7.31. The van der Waals surface area contributed by atoms with E-state index < -0.39 is 0 Å². The van der Waals surface area contributed by atoms with E-state index in [1.807, 2.05) is 18.3 Å². The zero-order valence-electron chi connectivity index (χ0n) is 14.4. The Kier molecular flexibility index (Phi) is 3.36. The fourth-order valence-corrected chi connectivity index (χ4v) is 3.49. The zero-order chi connectivity index (χ0) is 17.5. The second-order valence-electron chi connectivity index (χ2n) is 6.58. The van der Waals surface area contributed by atoms with Gasteiger partial charge in [-0.3, -0.25) is 4.98 Å². The lowest BCUT2D eigenvalue weighted by Gasteiger charge is -2.02. The van der Waals surface area contributed by atoms with Gasteiger partial charge in [-0.1, -0.05) is 48.5 Å². The second kappa shape index (κ2) is 5.85. The number of benzene rings is 3. The van der Waals surface area contributed by atoms with Crippen LogP contribution in [0.5, 0.6) is 0 Å². The summed E-state index contributed by atoms with van der Waals surface area (Å²) in [7, 11) is 0. The summed E-state index contributed by atoms with van der Waals surface area (Å²) in [6.07, 6.45) is 1.85. The summed E-state index contributed by atoms with van der Waals surface area (Å²) in [6, 6.07) is 27.2. The van der Waals surface area contributed by atoms with Crippen molar-refractivity contribution in [3.63, 3.8) is 0 Å². The first-order valence-electron chi connectivity index (χ1n) is 8.73. The monoisotopic (exact) mass is 335 g/mol. The van der Waals surface area contributed by atoms with E-state index in [2.05, 4.69) is 78.6 Å². The maximum Gasteiger partial charge on any atom is 0.144 e. The first-order chi connectivity index (χ1) is 12.8. The highest BCUT2D eigenvalue weighted by Gasteiger charge is 2.13. The Balaban J connectivity index is 1.75. The molecule has 0 N–H and O–H groups in total. The van der Waals surface area contributed by atoms with Gasteiger partial charge in [0.2, 0.25) is 0 Å². The van der Waals surface area contributed by atoms with Crippen molar-refractivity contribution in [1.29, 1.82) is 0 Å². The summed E-state index contributed by atoms with van der Waals surface area (Å²) in [5, 5.41) is 2.26. The summed E-state index contributed by atoms with van der Waals surface area (Å²) in [5.74, 6) is 0. The average Bonchev–Trinajstić information content (AvgIpc) is 3.06. The lowest BCUT2D eigenvalue weighted by molar-refractivity contribution is 0.670. The Bertz CT molecular complexity index is 1240. The molecule has 26 heavy (non-hydrogen) atoms. The Morgan fingerprint density at radius 3 is 2.46 bits per heavy atom. The molecule has 5 aromatic rings. The summed E-state index contributed by atoms with van der Waals surface area (Å²) < 4.78 is 6.30. The van der Waals surface area contributed by atoms with E-state index in [0.717, 1.165) is 38.8 Å². The number of nitrogens with zero attached hydrogens (tertiary/aromatic N) is 1. The van der Waals surface area contributed by atoms with Crippen molar-refractivity contribution in [2.75, 3.05) is 0 Å². The van der Waals surface area contributed by atoms with Gasteiger partial charge in [-0.15, -0.1) is 0 Å². The van der Waals surface area contributed by atoms with Crippen LogP contribution in [0.1, 0.15) is 5.56 Å². The molecule has 0 amide bonds. The predicted molar refractivity (Wildman–Crippen MR) is 107 cm³/mol. The minimum Gasteiger partial charge on any atom is -0.455 e. The Morgan fingerprint density at radius 1 is 0.731 bits per heavy atom. The van der Waals surface area contributed by atoms with Crippen molar-refractivity contribution in [3.05, 3.63) is 90.6 Å². The third-order valence-electron chi connectivity index (χ3n) is 4.80. The number of pyridine rings is 1. The molecular formula is C24H17NO. The van der Waals surface area contributed by atoms with Crippen LogP contribution in [0.25, 0.3) is 44.3 Å². The third kappa shape index (κ3) is 2.39. The number of fused-ring (bicyclic) bond motifs is 3. The van der Waals surface area contributed by atoms with Crippen molar-refractivity contribution in [2.24, 2.45) is 0 Å². The van der Waals surface area contributed by atoms with Gasteiger partial charge in [-0.25, -0.2) is 0 Å². The molecule has 2 heterocycles. The van der Waals surface area contributed by atoms with Gasteiger partial charge in [-0.2, -0.15) is 0 Å². The highest BCUT2D eigenvalue weighted by molar-refractivity contribution is 6.10. The van der Waals surface area contributed by atoms with Crippen LogP contribution in [0.2, 0.25) is 0 Å². The van der Waals surface area contributed by atoms with Crippen molar-refractivity contribution < 1.29 is 4.42 Å². The number of rotatable bonds is 2. The van der Waals surface area contributed by atoms with Gasteiger partial charge in [0.1, 0.15) is 11.2 Å². The minimum absolute atomic E-state index is 0.894. The molecule has 0 unspecified atom stereocenters. The molecule has 2 heteroatoms. The molecule has 0 spiro atoms. The molecule has 0 aliphatic heterocycles. The molecule has 2 nitrogen and oxygen atoms in total. The number of hydrogen-bond acceptors (Lipinski definition) is 2. The molecule has 0 bridgehead atoms. The number of aryl methyl sites for hydroxylation is 1. The molecule has 0 atom stereocenters. The summed E-state index contributed by atoms with van der Waals surface area (Å²) >= 11 is 0. The molecular weight excluding hydrogens is 318 g/mol. The first-order valence-corrected chi connectivity index (χ1v) is 8.73. The fraction of sp³-hybridized carbons (Fsp3) is 0.0417. The van der Waals surface area contributed by atoms with Gasteiger partial charge in [0, 0.05) is 22.5 Å². The lowest BCUT2D eigenvalue weighted by atomic mass is 10.0. The normalized spacial score (nSPS) is 11.3. The molecule has 0 aliphatic rings. The smallest absolute Gasteiger partial charge is 0.144 e. The lowest BCUT2D eigenvalue weighted by Crippen LogP contribution is -1.84. The molecule has 0 fully saturated rings. The number of para-hydroxylation sites is 1. The van der Waals surface area contributed by atoms with Crippen LogP contribution in [-0.4, -0.2) is 4.98 Å². The van der Waals surface area contributed by atoms with Crippen molar-refractivity contribution in [1.82, 2.24) is 4.98 Å². The van der Waals surface area contributed by atoms with Crippen LogP contribution in [-0.2, 0) is 0 Å². The highest BCUT2D eigenvalue weighted by atomic mass is 16.3. The predicted octanol–water partition coefficient (Wildman–Crippen LogP) is 6.62. The molecule has 0 radical (unpaired) electrons. The number of hydrogen-bond donors (Lipinski definition) is 0. The molecule has 0 saturated carbocycles. The fourth-order valence-electron chi connectivity index (χ4n) is 3.49. The molecule has 124 valence electrons. The Labute approximate surface area is 151 Å². The van der Waals surface area contributed by atoms with E-state index in [1.54, 1.807) is 0 Å². The SMILES string of the molecule is Cc1ccnc(-c2cccc3c2oc2cc(-c4ccccc4)ccc23)c1. The summed E-state index contributed by atoms with van der Waals surface area (Å²) in [6.45, 7) is 2.08. The molecule has 3 aromatic carbocycles. The quantitative estimate of drug-likeness (QED) is 0.362. The average molecular weight is 335 g/mol. The maximum atomic E-state index is 6.30. The number of aromatic nitrogens is 1. The highest BCUT2D eigenvalue weighted by Crippen LogP contribution is 2.36.